The molecule has 0 spiro atoms. The lowest BCUT2D eigenvalue weighted by Crippen LogP contribution is -2.07. The van der Waals surface area contributed by atoms with Gasteiger partial charge in [-0.1, -0.05) is 13.8 Å². The van der Waals surface area contributed by atoms with Crippen molar-refractivity contribution in [3.05, 3.63) is 10.8 Å². The molecule has 1 aromatic heterocycles. The third-order valence-corrected chi connectivity index (χ3v) is 3.30. The number of nitrogens with zero attached hydrogens (tertiary/aromatic N) is 2. The van der Waals surface area contributed by atoms with Crippen LogP contribution in [-0.2, 0) is 6.42 Å². The summed E-state index contributed by atoms with van der Waals surface area (Å²) in [6.45, 7) is 6.22. The highest BCUT2D eigenvalue weighted by atomic mass is 35.5. The molecule has 0 aromatic carbocycles. The lowest BCUT2D eigenvalue weighted by molar-refractivity contribution is 0.642. The summed E-state index contributed by atoms with van der Waals surface area (Å²) in [7, 11) is 0. The molecular formula is C9H15ClN2S. The Morgan fingerprint density at radius 1 is 1.46 bits per heavy atom. The van der Waals surface area contributed by atoms with E-state index in [0.717, 1.165) is 23.7 Å². The Labute approximate surface area is 88.5 Å². The first-order valence-corrected chi connectivity index (χ1v) is 5.86. The summed E-state index contributed by atoms with van der Waals surface area (Å²) in [5.41, 5.74) is 0. The first kappa shape index (κ1) is 10.9. The fourth-order valence-electron chi connectivity index (χ4n) is 1.26. The second-order valence-corrected chi connectivity index (χ2v) is 4.57. The van der Waals surface area contributed by atoms with E-state index in [1.165, 1.54) is 11.5 Å². The highest BCUT2D eigenvalue weighted by Gasteiger charge is 2.19. The Bertz CT molecular complexity index is 260. The van der Waals surface area contributed by atoms with Crippen LogP contribution in [0.5, 0.6) is 0 Å². The number of alkyl halides is 1. The van der Waals surface area contributed by atoms with E-state index < -0.39 is 0 Å². The molecule has 74 valence electrons. The van der Waals surface area contributed by atoms with Crippen LogP contribution in [0.25, 0.3) is 0 Å². The highest BCUT2D eigenvalue weighted by Crippen LogP contribution is 2.27. The van der Waals surface area contributed by atoms with E-state index >= 15 is 0 Å². The monoisotopic (exact) mass is 218 g/mol. The molecule has 1 heterocycles. The summed E-state index contributed by atoms with van der Waals surface area (Å²) >= 11 is 7.56. The van der Waals surface area contributed by atoms with Crippen LogP contribution in [0.3, 0.4) is 0 Å². The van der Waals surface area contributed by atoms with Gasteiger partial charge in [0.2, 0.25) is 0 Å². The summed E-state index contributed by atoms with van der Waals surface area (Å²) in [4.78, 5) is 4.44. The van der Waals surface area contributed by atoms with Crippen LogP contribution in [0.2, 0.25) is 0 Å². The fourth-order valence-corrected chi connectivity index (χ4v) is 2.65. The van der Waals surface area contributed by atoms with Gasteiger partial charge in [-0.15, -0.1) is 11.6 Å². The Morgan fingerprint density at radius 3 is 2.54 bits per heavy atom. The van der Waals surface area contributed by atoms with Crippen LogP contribution in [0.15, 0.2) is 0 Å². The lowest BCUT2D eigenvalue weighted by Gasteiger charge is -2.12. The maximum Gasteiger partial charge on any atom is 0.142 e. The van der Waals surface area contributed by atoms with Crippen molar-refractivity contribution in [3.8, 4) is 0 Å². The number of hydrogen-bond acceptors (Lipinski definition) is 3. The number of hydrogen-bond donors (Lipinski definition) is 0. The third-order valence-electron chi connectivity index (χ3n) is 2.11. The molecule has 0 saturated carbocycles. The van der Waals surface area contributed by atoms with Crippen molar-refractivity contribution in [2.45, 2.75) is 44.9 Å². The first-order chi connectivity index (χ1) is 6.19. The molecule has 2 unspecified atom stereocenters. The average molecular weight is 219 g/mol. The second-order valence-electron chi connectivity index (χ2n) is 3.09. The Balaban J connectivity index is 2.79. The van der Waals surface area contributed by atoms with Gasteiger partial charge in [-0.25, -0.2) is 4.98 Å². The van der Waals surface area contributed by atoms with Gasteiger partial charge in [-0.05, 0) is 24.9 Å². The topological polar surface area (TPSA) is 25.8 Å². The average Bonchev–Trinajstić information content (AvgIpc) is 2.53. The molecule has 13 heavy (non-hydrogen) atoms. The number of aryl methyl sites for hydroxylation is 1. The van der Waals surface area contributed by atoms with Gasteiger partial charge in [0, 0.05) is 17.7 Å². The number of halogens is 1. The Morgan fingerprint density at radius 2 is 2.15 bits per heavy atom. The molecule has 2 nitrogen and oxygen atoms in total. The maximum atomic E-state index is 6.07. The van der Waals surface area contributed by atoms with Crippen LogP contribution < -0.4 is 0 Å². The SMILES string of the molecule is CCc1nsc(C(CC)C(C)Cl)n1. The molecule has 0 saturated heterocycles. The van der Waals surface area contributed by atoms with E-state index in [2.05, 4.69) is 23.2 Å². The van der Waals surface area contributed by atoms with E-state index in [4.69, 9.17) is 11.6 Å². The molecular weight excluding hydrogens is 204 g/mol. The largest absolute Gasteiger partial charge is 0.224 e. The molecule has 2 atom stereocenters. The van der Waals surface area contributed by atoms with Crippen molar-refractivity contribution in [1.29, 1.82) is 0 Å². The number of rotatable bonds is 4. The van der Waals surface area contributed by atoms with Gasteiger partial charge in [-0.2, -0.15) is 4.37 Å². The zero-order valence-electron chi connectivity index (χ0n) is 8.25. The minimum Gasteiger partial charge on any atom is -0.224 e. The van der Waals surface area contributed by atoms with Gasteiger partial charge in [0.15, 0.2) is 0 Å². The predicted octanol–water partition coefficient (Wildman–Crippen LogP) is 3.22. The zero-order valence-corrected chi connectivity index (χ0v) is 9.82. The zero-order chi connectivity index (χ0) is 9.84. The van der Waals surface area contributed by atoms with E-state index in [9.17, 15) is 0 Å². The summed E-state index contributed by atoms with van der Waals surface area (Å²) in [6.07, 6.45) is 1.94. The highest BCUT2D eigenvalue weighted by molar-refractivity contribution is 7.05. The van der Waals surface area contributed by atoms with Gasteiger partial charge >= 0.3 is 0 Å². The predicted molar refractivity (Wildman–Crippen MR) is 57.6 cm³/mol. The normalized spacial score (nSPS) is 15.7. The summed E-state index contributed by atoms with van der Waals surface area (Å²) < 4.78 is 4.26. The van der Waals surface area contributed by atoms with Crippen molar-refractivity contribution >= 4 is 23.1 Å². The van der Waals surface area contributed by atoms with E-state index in [1.807, 2.05) is 6.92 Å². The lowest BCUT2D eigenvalue weighted by atomic mass is 10.0. The smallest absolute Gasteiger partial charge is 0.142 e. The maximum absolute atomic E-state index is 6.07. The van der Waals surface area contributed by atoms with Gasteiger partial charge in [0.1, 0.15) is 10.8 Å². The van der Waals surface area contributed by atoms with Crippen molar-refractivity contribution < 1.29 is 0 Å². The van der Waals surface area contributed by atoms with E-state index in [1.54, 1.807) is 0 Å². The molecule has 0 amide bonds. The summed E-state index contributed by atoms with van der Waals surface area (Å²) in [5, 5.41) is 1.23. The molecule has 0 aliphatic rings. The molecule has 0 bridgehead atoms. The van der Waals surface area contributed by atoms with Crippen LogP contribution in [0, 0.1) is 0 Å². The molecule has 0 aliphatic heterocycles. The van der Waals surface area contributed by atoms with Gasteiger partial charge < -0.3 is 0 Å². The standard InChI is InChI=1S/C9H15ClN2S/c1-4-7(6(3)10)9-11-8(5-2)12-13-9/h6-7H,4-5H2,1-3H3. The van der Waals surface area contributed by atoms with E-state index in [-0.39, 0.29) is 5.38 Å². The number of aromatic nitrogens is 2. The molecule has 4 heteroatoms. The van der Waals surface area contributed by atoms with Crippen LogP contribution in [-0.4, -0.2) is 14.7 Å². The molecule has 1 aromatic rings. The Kier molecular flexibility index (Phi) is 4.13. The van der Waals surface area contributed by atoms with Crippen molar-refractivity contribution in [2.24, 2.45) is 0 Å². The Hall–Kier alpha value is -0.150. The second kappa shape index (κ2) is 4.91. The van der Waals surface area contributed by atoms with Crippen molar-refractivity contribution in [2.75, 3.05) is 0 Å². The van der Waals surface area contributed by atoms with Crippen LogP contribution in [0.1, 0.15) is 43.9 Å². The molecule has 0 radical (unpaired) electrons. The fraction of sp³-hybridized carbons (Fsp3) is 0.778. The van der Waals surface area contributed by atoms with E-state index in [0.29, 0.717) is 5.92 Å². The minimum atomic E-state index is 0.141. The summed E-state index contributed by atoms with van der Waals surface area (Å²) in [6, 6.07) is 0. The summed E-state index contributed by atoms with van der Waals surface area (Å²) in [5.74, 6) is 1.30. The van der Waals surface area contributed by atoms with Gasteiger partial charge in [0.05, 0.1) is 0 Å². The van der Waals surface area contributed by atoms with Crippen molar-refractivity contribution in [1.82, 2.24) is 9.36 Å². The molecule has 0 N–H and O–H groups in total. The minimum absolute atomic E-state index is 0.141. The van der Waals surface area contributed by atoms with Crippen molar-refractivity contribution in [3.63, 3.8) is 0 Å². The quantitative estimate of drug-likeness (QED) is 0.726. The van der Waals surface area contributed by atoms with Crippen LogP contribution in [0.4, 0.5) is 0 Å². The molecule has 1 rings (SSSR count). The first-order valence-electron chi connectivity index (χ1n) is 4.65. The van der Waals surface area contributed by atoms with Gasteiger partial charge in [0.25, 0.3) is 0 Å². The molecule has 0 fully saturated rings. The third kappa shape index (κ3) is 2.64. The van der Waals surface area contributed by atoms with Crippen LogP contribution >= 0.6 is 23.1 Å². The van der Waals surface area contributed by atoms with Gasteiger partial charge in [-0.3, -0.25) is 0 Å². The molecule has 0 aliphatic carbocycles.